The van der Waals surface area contributed by atoms with E-state index in [0.717, 1.165) is 6.42 Å². The van der Waals surface area contributed by atoms with Gasteiger partial charge in [-0.2, -0.15) is 0 Å². The third-order valence-electron chi connectivity index (χ3n) is 1.71. The zero-order valence-electron chi connectivity index (χ0n) is 8.28. The summed E-state index contributed by atoms with van der Waals surface area (Å²) in [6.45, 7) is 3.71. The summed E-state index contributed by atoms with van der Waals surface area (Å²) in [6, 6.07) is -0.174. The van der Waals surface area contributed by atoms with Crippen molar-refractivity contribution in [2.24, 2.45) is 0 Å². The summed E-state index contributed by atoms with van der Waals surface area (Å²) >= 11 is 0. The molecule has 0 rings (SSSR count). The number of sulfonamides is 1. The van der Waals surface area contributed by atoms with E-state index < -0.39 is 10.0 Å². The van der Waals surface area contributed by atoms with Gasteiger partial charge in [0.05, 0.1) is 5.75 Å². The van der Waals surface area contributed by atoms with Gasteiger partial charge in [-0.15, -0.1) is 0 Å². The lowest BCUT2D eigenvalue weighted by atomic mass is 10.3. The molecule has 0 saturated carbocycles. The summed E-state index contributed by atoms with van der Waals surface area (Å²) in [6.07, 6.45) is 2.02. The number of nitrogens with one attached hydrogen (secondary N) is 1. The predicted octanol–water partition coefficient (Wildman–Crippen LogP) is 0.477. The molecule has 0 aromatic carbocycles. The first-order chi connectivity index (χ1) is 6.02. The molecule has 0 aromatic rings. The molecular formula is C8H19NO3S. The minimum atomic E-state index is -3.13. The molecule has 0 radical (unpaired) electrons. The maximum absolute atomic E-state index is 11.3. The number of hydrogen-bond donors (Lipinski definition) is 2. The molecule has 0 bridgehead atoms. The Kier molecular flexibility index (Phi) is 6.28. The van der Waals surface area contributed by atoms with Crippen LogP contribution in [-0.2, 0) is 10.0 Å². The van der Waals surface area contributed by atoms with Crippen LogP contribution >= 0.6 is 0 Å². The lowest BCUT2D eigenvalue weighted by Gasteiger charge is -2.12. The molecule has 0 aliphatic heterocycles. The fraction of sp³-hybridized carbons (Fsp3) is 1.00. The van der Waals surface area contributed by atoms with Gasteiger partial charge in [0.25, 0.3) is 0 Å². The zero-order valence-corrected chi connectivity index (χ0v) is 9.10. The van der Waals surface area contributed by atoms with E-state index in [9.17, 15) is 8.42 Å². The van der Waals surface area contributed by atoms with E-state index in [1.54, 1.807) is 6.92 Å². The number of hydrogen-bond acceptors (Lipinski definition) is 3. The Balaban J connectivity index is 3.87. The smallest absolute Gasteiger partial charge is 0.211 e. The molecule has 1 unspecified atom stereocenters. The minimum Gasteiger partial charge on any atom is -0.396 e. The van der Waals surface area contributed by atoms with Crippen molar-refractivity contribution in [1.29, 1.82) is 0 Å². The highest BCUT2D eigenvalue weighted by Crippen LogP contribution is 1.97. The number of unbranched alkanes of at least 4 members (excludes halogenated alkanes) is 1. The van der Waals surface area contributed by atoms with Crippen molar-refractivity contribution in [3.05, 3.63) is 0 Å². The molecule has 4 nitrogen and oxygen atoms in total. The van der Waals surface area contributed by atoms with Crippen LogP contribution in [0.4, 0.5) is 0 Å². The second kappa shape index (κ2) is 6.34. The summed E-state index contributed by atoms with van der Waals surface area (Å²) in [5.41, 5.74) is 0. The average molecular weight is 209 g/mol. The van der Waals surface area contributed by atoms with Crippen molar-refractivity contribution in [1.82, 2.24) is 4.72 Å². The third-order valence-corrected chi connectivity index (χ3v) is 3.30. The van der Waals surface area contributed by atoms with E-state index in [4.69, 9.17) is 5.11 Å². The Morgan fingerprint density at radius 3 is 2.54 bits per heavy atom. The molecule has 0 aromatic heterocycles. The van der Waals surface area contributed by atoms with E-state index in [2.05, 4.69) is 4.72 Å². The van der Waals surface area contributed by atoms with Crippen molar-refractivity contribution in [3.63, 3.8) is 0 Å². The fourth-order valence-electron chi connectivity index (χ4n) is 0.952. The standard InChI is InChI=1S/C8H19NO3S/c1-3-4-7-13(11,12)9-8(2)5-6-10/h8-10H,3-7H2,1-2H3. The molecule has 0 heterocycles. The highest BCUT2D eigenvalue weighted by Gasteiger charge is 2.12. The van der Waals surface area contributed by atoms with Crippen LogP contribution in [0.15, 0.2) is 0 Å². The maximum Gasteiger partial charge on any atom is 0.211 e. The van der Waals surface area contributed by atoms with Gasteiger partial charge in [0.2, 0.25) is 10.0 Å². The van der Waals surface area contributed by atoms with Gasteiger partial charge in [0, 0.05) is 12.6 Å². The van der Waals surface area contributed by atoms with E-state index >= 15 is 0 Å². The molecule has 1 atom stereocenters. The molecule has 0 spiro atoms. The van der Waals surface area contributed by atoms with Gasteiger partial charge in [-0.3, -0.25) is 0 Å². The molecule has 0 amide bonds. The quantitative estimate of drug-likeness (QED) is 0.641. The summed E-state index contributed by atoms with van der Waals surface area (Å²) in [5, 5.41) is 8.57. The Morgan fingerprint density at radius 2 is 2.08 bits per heavy atom. The van der Waals surface area contributed by atoms with Crippen LogP contribution in [-0.4, -0.2) is 31.9 Å². The minimum absolute atomic E-state index is 0.0114. The molecule has 5 heteroatoms. The largest absolute Gasteiger partial charge is 0.396 e. The Labute approximate surface area is 80.4 Å². The van der Waals surface area contributed by atoms with Crippen LogP contribution < -0.4 is 4.72 Å². The molecule has 0 fully saturated rings. The van der Waals surface area contributed by atoms with E-state index in [0.29, 0.717) is 12.8 Å². The molecule has 0 aliphatic carbocycles. The second-order valence-electron chi connectivity index (χ2n) is 3.20. The first-order valence-electron chi connectivity index (χ1n) is 4.62. The van der Waals surface area contributed by atoms with E-state index in [-0.39, 0.29) is 18.4 Å². The third kappa shape index (κ3) is 6.98. The highest BCUT2D eigenvalue weighted by atomic mass is 32.2. The predicted molar refractivity (Wildman–Crippen MR) is 53.0 cm³/mol. The van der Waals surface area contributed by atoms with Crippen molar-refractivity contribution >= 4 is 10.0 Å². The number of aliphatic hydroxyl groups excluding tert-OH is 1. The molecule has 0 saturated heterocycles. The van der Waals surface area contributed by atoms with Gasteiger partial charge in [0.1, 0.15) is 0 Å². The van der Waals surface area contributed by atoms with Crippen LogP contribution in [0, 0.1) is 0 Å². The average Bonchev–Trinajstić information content (AvgIpc) is 2.00. The normalized spacial score (nSPS) is 14.4. The summed E-state index contributed by atoms with van der Waals surface area (Å²) < 4.78 is 25.1. The molecule has 80 valence electrons. The van der Waals surface area contributed by atoms with Gasteiger partial charge in [-0.25, -0.2) is 13.1 Å². The molecular weight excluding hydrogens is 190 g/mol. The topological polar surface area (TPSA) is 66.4 Å². The SMILES string of the molecule is CCCCS(=O)(=O)NC(C)CCO. The van der Waals surface area contributed by atoms with Crippen molar-refractivity contribution in [2.45, 2.75) is 39.2 Å². The second-order valence-corrected chi connectivity index (χ2v) is 5.08. The van der Waals surface area contributed by atoms with E-state index in [1.807, 2.05) is 6.92 Å². The van der Waals surface area contributed by atoms with Gasteiger partial charge >= 0.3 is 0 Å². The summed E-state index contributed by atoms with van der Waals surface area (Å²) in [5.74, 6) is 0.180. The molecule has 13 heavy (non-hydrogen) atoms. The van der Waals surface area contributed by atoms with Gasteiger partial charge in [0.15, 0.2) is 0 Å². The lowest BCUT2D eigenvalue weighted by Crippen LogP contribution is -2.34. The number of aliphatic hydroxyl groups is 1. The van der Waals surface area contributed by atoms with Crippen LogP contribution in [0.2, 0.25) is 0 Å². The van der Waals surface area contributed by atoms with Crippen molar-refractivity contribution < 1.29 is 13.5 Å². The summed E-state index contributed by atoms with van der Waals surface area (Å²) in [4.78, 5) is 0. The van der Waals surface area contributed by atoms with Gasteiger partial charge in [-0.1, -0.05) is 13.3 Å². The highest BCUT2D eigenvalue weighted by molar-refractivity contribution is 7.89. The monoisotopic (exact) mass is 209 g/mol. The van der Waals surface area contributed by atoms with Crippen molar-refractivity contribution in [2.75, 3.05) is 12.4 Å². The van der Waals surface area contributed by atoms with Crippen LogP contribution in [0.5, 0.6) is 0 Å². The first-order valence-corrected chi connectivity index (χ1v) is 6.28. The first kappa shape index (κ1) is 12.9. The van der Waals surface area contributed by atoms with Gasteiger partial charge < -0.3 is 5.11 Å². The molecule has 2 N–H and O–H groups in total. The van der Waals surface area contributed by atoms with Crippen LogP contribution in [0.25, 0.3) is 0 Å². The Morgan fingerprint density at radius 1 is 1.46 bits per heavy atom. The Bertz CT molecular complexity index is 213. The lowest BCUT2D eigenvalue weighted by molar-refractivity contribution is 0.275. The zero-order chi connectivity index (χ0) is 10.3. The summed E-state index contributed by atoms with van der Waals surface area (Å²) in [7, 11) is -3.13. The van der Waals surface area contributed by atoms with Crippen LogP contribution in [0.1, 0.15) is 33.1 Å². The molecule has 0 aliphatic rings. The van der Waals surface area contributed by atoms with Crippen molar-refractivity contribution in [3.8, 4) is 0 Å². The fourth-order valence-corrected chi connectivity index (χ4v) is 2.47. The van der Waals surface area contributed by atoms with Crippen LogP contribution in [0.3, 0.4) is 0 Å². The van der Waals surface area contributed by atoms with E-state index in [1.165, 1.54) is 0 Å². The number of rotatable bonds is 7. The maximum atomic E-state index is 11.3. The van der Waals surface area contributed by atoms with Gasteiger partial charge in [-0.05, 0) is 19.8 Å². The Hall–Kier alpha value is -0.130.